The van der Waals surface area contributed by atoms with Crippen LogP contribution in [0.15, 0.2) is 24.3 Å². The zero-order chi connectivity index (χ0) is 16.4. The van der Waals surface area contributed by atoms with Crippen molar-refractivity contribution in [2.24, 2.45) is 0 Å². The van der Waals surface area contributed by atoms with Gasteiger partial charge in [0.15, 0.2) is 0 Å². The maximum absolute atomic E-state index is 12.0. The van der Waals surface area contributed by atoms with Crippen LogP contribution in [-0.4, -0.2) is 31.4 Å². The lowest BCUT2D eigenvalue weighted by Gasteiger charge is -2.13. The van der Waals surface area contributed by atoms with E-state index in [4.69, 9.17) is 9.47 Å². The molecule has 122 valence electrons. The summed E-state index contributed by atoms with van der Waals surface area (Å²) in [5, 5.41) is 0. The maximum atomic E-state index is 12.0. The van der Waals surface area contributed by atoms with Gasteiger partial charge in [-0.2, -0.15) is 0 Å². The van der Waals surface area contributed by atoms with Crippen LogP contribution in [0, 0.1) is 0 Å². The highest BCUT2D eigenvalue weighted by Crippen LogP contribution is 2.10. The van der Waals surface area contributed by atoms with Crippen molar-refractivity contribution >= 4 is 12.1 Å². The van der Waals surface area contributed by atoms with E-state index in [1.54, 1.807) is 26.0 Å². The number of benzene rings is 1. The van der Waals surface area contributed by atoms with Crippen molar-refractivity contribution in [2.45, 2.75) is 46.1 Å². The van der Waals surface area contributed by atoms with E-state index in [2.05, 4.69) is 11.7 Å². The van der Waals surface area contributed by atoms with E-state index >= 15 is 0 Å². The van der Waals surface area contributed by atoms with Crippen molar-refractivity contribution in [1.82, 2.24) is 0 Å². The highest BCUT2D eigenvalue weighted by Gasteiger charge is 2.13. The second kappa shape index (κ2) is 9.82. The van der Waals surface area contributed by atoms with Gasteiger partial charge < -0.3 is 14.2 Å². The molecule has 0 aromatic heterocycles. The van der Waals surface area contributed by atoms with Crippen LogP contribution in [0.3, 0.4) is 0 Å². The van der Waals surface area contributed by atoms with Gasteiger partial charge >= 0.3 is 12.1 Å². The number of carbonyl (C=O) groups excluding carboxylic acids is 2. The highest BCUT2D eigenvalue weighted by molar-refractivity contribution is 5.89. The number of rotatable bonds is 8. The van der Waals surface area contributed by atoms with Gasteiger partial charge in [0, 0.05) is 6.42 Å². The molecule has 0 heterocycles. The second-order valence-corrected chi connectivity index (χ2v) is 4.98. The minimum Gasteiger partial charge on any atom is -0.459 e. The van der Waals surface area contributed by atoms with E-state index in [1.807, 2.05) is 12.1 Å². The first-order valence-corrected chi connectivity index (χ1v) is 7.66. The molecule has 0 bridgehead atoms. The lowest BCUT2D eigenvalue weighted by molar-refractivity contribution is 0.0212. The SMILES string of the molecule is CCCc1ccc(C(=O)OC(C)CCOC(=O)OCC)cc1. The summed E-state index contributed by atoms with van der Waals surface area (Å²) in [4.78, 5) is 23.0. The van der Waals surface area contributed by atoms with Gasteiger partial charge in [0.25, 0.3) is 0 Å². The minimum atomic E-state index is -0.701. The van der Waals surface area contributed by atoms with Crippen molar-refractivity contribution in [3.8, 4) is 0 Å². The number of hydrogen-bond acceptors (Lipinski definition) is 5. The van der Waals surface area contributed by atoms with E-state index in [-0.39, 0.29) is 25.3 Å². The summed E-state index contributed by atoms with van der Waals surface area (Å²) in [6.07, 6.45) is 1.46. The molecule has 1 atom stereocenters. The molecule has 0 N–H and O–H groups in total. The fourth-order valence-corrected chi connectivity index (χ4v) is 1.87. The summed E-state index contributed by atoms with van der Waals surface area (Å²) in [5.41, 5.74) is 1.73. The first-order valence-electron chi connectivity index (χ1n) is 7.66. The quantitative estimate of drug-likeness (QED) is 0.684. The maximum Gasteiger partial charge on any atom is 0.508 e. The van der Waals surface area contributed by atoms with Crippen LogP contribution in [-0.2, 0) is 20.6 Å². The molecule has 22 heavy (non-hydrogen) atoms. The molecule has 5 nitrogen and oxygen atoms in total. The topological polar surface area (TPSA) is 61.8 Å². The normalized spacial score (nSPS) is 11.6. The van der Waals surface area contributed by atoms with Crippen molar-refractivity contribution in [2.75, 3.05) is 13.2 Å². The van der Waals surface area contributed by atoms with Crippen molar-refractivity contribution < 1.29 is 23.8 Å². The Bertz CT molecular complexity index is 466. The molecule has 1 aromatic rings. The highest BCUT2D eigenvalue weighted by atomic mass is 16.7. The Morgan fingerprint density at radius 1 is 1.09 bits per heavy atom. The Labute approximate surface area is 131 Å². The number of ether oxygens (including phenoxy) is 3. The number of hydrogen-bond donors (Lipinski definition) is 0. The molecule has 1 aromatic carbocycles. The van der Waals surface area contributed by atoms with Gasteiger partial charge in [0.05, 0.1) is 18.8 Å². The zero-order valence-corrected chi connectivity index (χ0v) is 13.5. The number of esters is 1. The van der Waals surface area contributed by atoms with E-state index in [9.17, 15) is 9.59 Å². The van der Waals surface area contributed by atoms with E-state index < -0.39 is 6.16 Å². The molecule has 0 radical (unpaired) electrons. The predicted octanol–water partition coefficient (Wildman–Crippen LogP) is 3.75. The molecule has 0 fully saturated rings. The van der Waals surface area contributed by atoms with Gasteiger partial charge in [-0.1, -0.05) is 25.5 Å². The number of aryl methyl sites for hydroxylation is 1. The first kappa shape index (κ1) is 18.0. The fraction of sp³-hybridized carbons (Fsp3) is 0.529. The fourth-order valence-electron chi connectivity index (χ4n) is 1.87. The van der Waals surface area contributed by atoms with Crippen LogP contribution >= 0.6 is 0 Å². The molecular weight excluding hydrogens is 284 g/mol. The van der Waals surface area contributed by atoms with E-state index in [0.717, 1.165) is 12.8 Å². The van der Waals surface area contributed by atoms with Gasteiger partial charge in [0.2, 0.25) is 0 Å². The van der Waals surface area contributed by atoms with Gasteiger partial charge in [0.1, 0.15) is 6.10 Å². The smallest absolute Gasteiger partial charge is 0.459 e. The Hall–Kier alpha value is -2.04. The van der Waals surface area contributed by atoms with Crippen LogP contribution in [0.25, 0.3) is 0 Å². The molecule has 0 spiro atoms. The van der Waals surface area contributed by atoms with Crippen molar-refractivity contribution in [3.05, 3.63) is 35.4 Å². The van der Waals surface area contributed by atoms with E-state index in [1.165, 1.54) is 5.56 Å². The van der Waals surface area contributed by atoms with E-state index in [0.29, 0.717) is 12.0 Å². The molecule has 0 saturated heterocycles. The largest absolute Gasteiger partial charge is 0.508 e. The second-order valence-electron chi connectivity index (χ2n) is 4.98. The summed E-state index contributed by atoms with van der Waals surface area (Å²) < 4.78 is 14.8. The summed E-state index contributed by atoms with van der Waals surface area (Å²) in [7, 11) is 0. The Morgan fingerprint density at radius 2 is 1.77 bits per heavy atom. The predicted molar refractivity (Wildman–Crippen MR) is 82.9 cm³/mol. The molecule has 1 rings (SSSR count). The summed E-state index contributed by atoms with van der Waals surface area (Å²) in [5.74, 6) is -0.369. The van der Waals surface area contributed by atoms with Crippen molar-refractivity contribution in [1.29, 1.82) is 0 Å². The average molecular weight is 308 g/mol. The van der Waals surface area contributed by atoms with Crippen LogP contribution in [0.4, 0.5) is 4.79 Å². The third kappa shape index (κ3) is 6.61. The number of carbonyl (C=O) groups is 2. The molecule has 0 amide bonds. The Kier molecular flexibility index (Phi) is 8.04. The molecule has 0 aliphatic heterocycles. The van der Waals surface area contributed by atoms with Gasteiger partial charge in [-0.25, -0.2) is 9.59 Å². The van der Waals surface area contributed by atoms with Gasteiger partial charge in [-0.05, 0) is 38.0 Å². The lowest BCUT2D eigenvalue weighted by atomic mass is 10.1. The molecule has 1 unspecified atom stereocenters. The Balaban J connectivity index is 2.35. The first-order chi connectivity index (χ1) is 10.6. The minimum absolute atomic E-state index is 0.155. The van der Waals surface area contributed by atoms with Gasteiger partial charge in [-0.3, -0.25) is 0 Å². The molecule has 0 aliphatic carbocycles. The van der Waals surface area contributed by atoms with Gasteiger partial charge in [-0.15, -0.1) is 0 Å². The lowest BCUT2D eigenvalue weighted by Crippen LogP contribution is -2.18. The zero-order valence-electron chi connectivity index (χ0n) is 13.5. The Morgan fingerprint density at radius 3 is 2.36 bits per heavy atom. The average Bonchev–Trinajstić information content (AvgIpc) is 2.48. The molecular formula is C17H24O5. The van der Waals surface area contributed by atoms with Crippen LogP contribution in [0.5, 0.6) is 0 Å². The molecule has 5 heteroatoms. The standard InChI is InChI=1S/C17H24O5/c1-4-6-14-7-9-15(10-8-14)16(18)22-13(3)11-12-21-17(19)20-5-2/h7-10,13H,4-6,11-12H2,1-3H3. The monoisotopic (exact) mass is 308 g/mol. The van der Waals surface area contributed by atoms with Crippen LogP contribution < -0.4 is 0 Å². The third-order valence-electron chi connectivity index (χ3n) is 3.04. The molecule has 0 aliphatic rings. The summed E-state index contributed by atoms with van der Waals surface area (Å²) in [6.45, 7) is 6.01. The van der Waals surface area contributed by atoms with Crippen LogP contribution in [0.2, 0.25) is 0 Å². The van der Waals surface area contributed by atoms with Crippen molar-refractivity contribution in [3.63, 3.8) is 0 Å². The van der Waals surface area contributed by atoms with Crippen LogP contribution in [0.1, 0.15) is 49.5 Å². The summed E-state index contributed by atoms with van der Waals surface area (Å²) >= 11 is 0. The third-order valence-corrected chi connectivity index (χ3v) is 3.04. The molecule has 0 saturated carbocycles. The summed E-state index contributed by atoms with van der Waals surface area (Å²) in [6, 6.07) is 7.42.